The molecule has 4 nitrogen and oxygen atoms in total. The Balaban J connectivity index is 1.95. The smallest absolute Gasteiger partial charge is 0.328 e. The number of hydrogen-bond donors (Lipinski definition) is 1. The molecule has 0 bridgehead atoms. The van der Waals surface area contributed by atoms with Crippen LogP contribution in [0.25, 0.3) is 0 Å². The van der Waals surface area contributed by atoms with Gasteiger partial charge in [0.2, 0.25) is 0 Å². The lowest BCUT2D eigenvalue weighted by atomic mass is 10.1. The van der Waals surface area contributed by atoms with E-state index in [2.05, 4.69) is 0 Å². The minimum atomic E-state index is -0.722. The second kappa shape index (κ2) is 6.81. The van der Waals surface area contributed by atoms with E-state index < -0.39 is 12.0 Å². The summed E-state index contributed by atoms with van der Waals surface area (Å²) in [5, 5.41) is 0. The van der Waals surface area contributed by atoms with Crippen LogP contribution in [-0.2, 0) is 11.2 Å². The maximum atomic E-state index is 11.9. The van der Waals surface area contributed by atoms with Crippen molar-refractivity contribution in [2.45, 2.75) is 19.4 Å². The Morgan fingerprint density at radius 1 is 1.05 bits per heavy atom. The zero-order valence-corrected chi connectivity index (χ0v) is 11.8. The fraction of sp³-hybridized carbons (Fsp3) is 0.176. The number of esters is 1. The highest BCUT2D eigenvalue weighted by Crippen LogP contribution is 2.14. The summed E-state index contributed by atoms with van der Waals surface area (Å²) in [7, 11) is 0. The summed E-state index contributed by atoms with van der Waals surface area (Å²) in [6.45, 7) is 1.48. The Labute approximate surface area is 123 Å². The Hall–Kier alpha value is -2.46. The highest BCUT2D eigenvalue weighted by Gasteiger charge is 2.16. The molecular formula is C17H17NO3. The molecule has 0 aromatic heterocycles. The van der Waals surface area contributed by atoms with E-state index in [-0.39, 0.29) is 5.78 Å². The van der Waals surface area contributed by atoms with Gasteiger partial charge >= 0.3 is 5.97 Å². The van der Waals surface area contributed by atoms with E-state index in [0.29, 0.717) is 17.7 Å². The summed E-state index contributed by atoms with van der Waals surface area (Å²) in [5.41, 5.74) is 7.40. The molecule has 2 rings (SSSR count). The van der Waals surface area contributed by atoms with Crippen LogP contribution in [0.1, 0.15) is 22.8 Å². The molecule has 1 atom stereocenters. The average Bonchev–Trinajstić information content (AvgIpc) is 2.48. The SMILES string of the molecule is CC(=O)c1ccc(OC(=O)[C@@H](N)Cc2ccccc2)cc1. The van der Waals surface area contributed by atoms with Gasteiger partial charge in [-0.1, -0.05) is 30.3 Å². The number of benzene rings is 2. The summed E-state index contributed by atoms with van der Waals surface area (Å²) >= 11 is 0. The van der Waals surface area contributed by atoms with Gasteiger partial charge in [0, 0.05) is 5.56 Å². The van der Waals surface area contributed by atoms with Crippen LogP contribution in [0.2, 0.25) is 0 Å². The first kappa shape index (κ1) is 14.9. The number of carbonyl (C=O) groups is 2. The highest BCUT2D eigenvalue weighted by atomic mass is 16.5. The summed E-state index contributed by atoms with van der Waals surface area (Å²) in [6.07, 6.45) is 0.422. The zero-order chi connectivity index (χ0) is 15.2. The summed E-state index contributed by atoms with van der Waals surface area (Å²) in [6, 6.07) is 15.2. The predicted molar refractivity (Wildman–Crippen MR) is 80.2 cm³/mol. The summed E-state index contributed by atoms with van der Waals surface area (Å²) in [4.78, 5) is 23.1. The van der Waals surface area contributed by atoms with Crippen molar-refractivity contribution in [2.75, 3.05) is 0 Å². The quantitative estimate of drug-likeness (QED) is 0.519. The van der Waals surface area contributed by atoms with Gasteiger partial charge in [-0.25, -0.2) is 4.79 Å². The number of nitrogens with two attached hydrogens (primary N) is 1. The van der Waals surface area contributed by atoms with Crippen molar-refractivity contribution in [3.8, 4) is 5.75 Å². The first-order chi connectivity index (χ1) is 10.1. The van der Waals surface area contributed by atoms with Crippen molar-refractivity contribution >= 4 is 11.8 Å². The fourth-order valence-electron chi connectivity index (χ4n) is 1.90. The van der Waals surface area contributed by atoms with E-state index in [1.807, 2.05) is 30.3 Å². The third-order valence-corrected chi connectivity index (χ3v) is 3.08. The number of rotatable bonds is 5. The average molecular weight is 283 g/mol. The van der Waals surface area contributed by atoms with Gasteiger partial charge in [-0.3, -0.25) is 4.79 Å². The third kappa shape index (κ3) is 4.26. The molecule has 2 N–H and O–H groups in total. The number of ether oxygens (including phenoxy) is 1. The number of Topliss-reactive ketones (excluding diaryl/α,β-unsaturated/α-hetero) is 1. The van der Waals surface area contributed by atoms with E-state index in [1.54, 1.807) is 24.3 Å². The van der Waals surface area contributed by atoms with E-state index in [9.17, 15) is 9.59 Å². The van der Waals surface area contributed by atoms with E-state index in [4.69, 9.17) is 10.5 Å². The number of carbonyl (C=O) groups excluding carboxylic acids is 2. The van der Waals surface area contributed by atoms with Crippen LogP contribution in [0, 0.1) is 0 Å². The summed E-state index contributed by atoms with van der Waals surface area (Å²) in [5.74, 6) is -0.142. The molecule has 0 radical (unpaired) electrons. The van der Waals surface area contributed by atoms with Crippen LogP contribution < -0.4 is 10.5 Å². The van der Waals surface area contributed by atoms with Crippen molar-refractivity contribution < 1.29 is 14.3 Å². The monoisotopic (exact) mass is 283 g/mol. The molecule has 0 spiro atoms. The van der Waals surface area contributed by atoms with Gasteiger partial charge in [0.15, 0.2) is 5.78 Å². The molecule has 0 aliphatic carbocycles. The van der Waals surface area contributed by atoms with E-state index >= 15 is 0 Å². The van der Waals surface area contributed by atoms with E-state index in [1.165, 1.54) is 6.92 Å². The molecule has 0 saturated heterocycles. The molecule has 0 fully saturated rings. The van der Waals surface area contributed by atoms with Crippen LogP contribution in [-0.4, -0.2) is 17.8 Å². The molecule has 0 saturated carbocycles. The molecule has 2 aromatic carbocycles. The minimum absolute atomic E-state index is 0.0337. The first-order valence-corrected chi connectivity index (χ1v) is 6.68. The summed E-state index contributed by atoms with van der Waals surface area (Å²) < 4.78 is 5.21. The maximum Gasteiger partial charge on any atom is 0.328 e. The molecule has 0 heterocycles. The predicted octanol–water partition coefficient (Wildman–Crippen LogP) is 2.36. The zero-order valence-electron chi connectivity index (χ0n) is 11.8. The third-order valence-electron chi connectivity index (χ3n) is 3.08. The lowest BCUT2D eigenvalue weighted by molar-refractivity contribution is -0.135. The lowest BCUT2D eigenvalue weighted by Gasteiger charge is -2.11. The second-order valence-electron chi connectivity index (χ2n) is 4.80. The molecule has 21 heavy (non-hydrogen) atoms. The molecule has 2 aromatic rings. The Bertz CT molecular complexity index is 620. The molecular weight excluding hydrogens is 266 g/mol. The molecule has 4 heteroatoms. The van der Waals surface area contributed by atoms with Crippen molar-refractivity contribution in [3.63, 3.8) is 0 Å². The van der Waals surface area contributed by atoms with Crippen LogP contribution >= 0.6 is 0 Å². The Morgan fingerprint density at radius 2 is 1.67 bits per heavy atom. The molecule has 0 aliphatic heterocycles. The lowest BCUT2D eigenvalue weighted by Crippen LogP contribution is -2.36. The van der Waals surface area contributed by atoms with Gasteiger partial charge < -0.3 is 10.5 Å². The number of hydrogen-bond acceptors (Lipinski definition) is 4. The maximum absolute atomic E-state index is 11.9. The van der Waals surface area contributed by atoms with Gasteiger partial charge in [0.1, 0.15) is 11.8 Å². The minimum Gasteiger partial charge on any atom is -0.425 e. The standard InChI is InChI=1S/C17H17NO3/c1-12(19)14-7-9-15(10-8-14)21-17(20)16(18)11-13-5-3-2-4-6-13/h2-10,16H,11,18H2,1H3/t16-/m0/s1. The Kier molecular flexibility index (Phi) is 4.85. The molecule has 0 amide bonds. The topological polar surface area (TPSA) is 69.4 Å². The Morgan fingerprint density at radius 3 is 2.24 bits per heavy atom. The molecule has 108 valence electrons. The van der Waals surface area contributed by atoms with Crippen molar-refractivity contribution in [2.24, 2.45) is 5.73 Å². The molecule has 0 aliphatic rings. The van der Waals surface area contributed by atoms with Crippen LogP contribution in [0.5, 0.6) is 5.75 Å². The van der Waals surface area contributed by atoms with E-state index in [0.717, 1.165) is 5.56 Å². The normalized spacial score (nSPS) is 11.7. The van der Waals surface area contributed by atoms with Gasteiger partial charge in [0.25, 0.3) is 0 Å². The van der Waals surface area contributed by atoms with Crippen LogP contribution in [0.4, 0.5) is 0 Å². The van der Waals surface area contributed by atoms with Crippen LogP contribution in [0.3, 0.4) is 0 Å². The largest absolute Gasteiger partial charge is 0.425 e. The van der Waals surface area contributed by atoms with Gasteiger partial charge in [-0.2, -0.15) is 0 Å². The van der Waals surface area contributed by atoms with Crippen molar-refractivity contribution in [1.82, 2.24) is 0 Å². The van der Waals surface area contributed by atoms with Gasteiger partial charge in [-0.15, -0.1) is 0 Å². The van der Waals surface area contributed by atoms with Gasteiger partial charge in [0.05, 0.1) is 0 Å². The second-order valence-corrected chi connectivity index (χ2v) is 4.80. The van der Waals surface area contributed by atoms with Crippen LogP contribution in [0.15, 0.2) is 54.6 Å². The number of ketones is 1. The first-order valence-electron chi connectivity index (χ1n) is 6.68. The van der Waals surface area contributed by atoms with Gasteiger partial charge in [-0.05, 0) is 43.2 Å². The highest BCUT2D eigenvalue weighted by molar-refractivity contribution is 5.94. The van der Waals surface area contributed by atoms with Crippen molar-refractivity contribution in [1.29, 1.82) is 0 Å². The fourth-order valence-corrected chi connectivity index (χ4v) is 1.90. The van der Waals surface area contributed by atoms with Crippen molar-refractivity contribution in [3.05, 3.63) is 65.7 Å². The molecule has 0 unspecified atom stereocenters.